The van der Waals surface area contributed by atoms with E-state index in [1.54, 1.807) is 0 Å². The fourth-order valence-corrected chi connectivity index (χ4v) is 19.6. The summed E-state index contributed by atoms with van der Waals surface area (Å²) in [5, 5.41) is 38.5. The molecule has 0 aromatic heterocycles. The van der Waals surface area contributed by atoms with Gasteiger partial charge in [0.2, 0.25) is 0 Å². The molecule has 0 bridgehead atoms. The maximum absolute atomic E-state index is 2.43. The molecule has 0 unspecified atom stereocenters. The Morgan fingerprint density at radius 2 is 0.464 bits per heavy atom. The zero-order valence-corrected chi connectivity index (χ0v) is 64.4. The summed E-state index contributed by atoms with van der Waals surface area (Å²) in [4.78, 5) is 0. The lowest BCUT2D eigenvalue weighted by molar-refractivity contribution is 1.27. The van der Waals surface area contributed by atoms with Crippen LogP contribution in [0.15, 0.2) is 315 Å². The number of rotatable bonds is 0. The van der Waals surface area contributed by atoms with Gasteiger partial charge in [-0.3, -0.25) is 0 Å². The average molecular weight is 1410 g/mol. The fourth-order valence-electron chi connectivity index (χ4n) is 19.6. The zero-order chi connectivity index (χ0) is 74.7. The molecule has 526 valence electrons. The van der Waals surface area contributed by atoms with Crippen LogP contribution >= 0.6 is 0 Å². The Kier molecular flexibility index (Phi) is 16.8. The van der Waals surface area contributed by atoms with Gasteiger partial charge >= 0.3 is 0 Å². The molecule has 110 heavy (non-hydrogen) atoms. The first-order valence-corrected chi connectivity index (χ1v) is 39.1. The number of fused-ring (bicyclic) bond motifs is 27. The molecular weight excluding hydrogens is 1320 g/mol. The van der Waals surface area contributed by atoms with Crippen molar-refractivity contribution in [1.29, 1.82) is 0 Å². The lowest BCUT2D eigenvalue weighted by atomic mass is 9.86. The molecule has 0 aliphatic heterocycles. The summed E-state index contributed by atoms with van der Waals surface area (Å²) in [5.41, 5.74) is 25.4. The quantitative estimate of drug-likeness (QED) is 0.105. The Hall–Kier alpha value is -12.7. The van der Waals surface area contributed by atoms with Crippen LogP contribution in [0.4, 0.5) is 0 Å². The number of hydrogen-bond acceptors (Lipinski definition) is 0. The van der Waals surface area contributed by atoms with Crippen molar-refractivity contribution in [2.45, 2.75) is 82.1 Å². The van der Waals surface area contributed by atoms with E-state index in [1.165, 1.54) is 251 Å². The van der Waals surface area contributed by atoms with Crippen LogP contribution in [0.2, 0.25) is 0 Å². The molecule has 2 aliphatic rings. The van der Waals surface area contributed by atoms with Crippen LogP contribution in [-0.4, -0.2) is 0 Å². The summed E-state index contributed by atoms with van der Waals surface area (Å²) >= 11 is 0. The standard InChI is InChI=1S/C24H18.2C23H18.2C20H16/c1-15-17-9-3-4-10-18(17)16(2)24-22-14-8-6-12-20(22)19-11-5-7-13-21(19)23(15)24;1-14-18-8-5-6-9-19(18)15(2)22-13-23-17(12-21(14)22)11-16-7-3-4-10-20(16)23;1-14-18-8-5-6-9-19(18)15(2)22-20(14)12-11-17-13-16-7-3-4-10-21(16)23(17)22;1-13-11-19-18-10-6-4-8-16(18)14(2)12-20(19)17-9-5-3-7-15(13)17;1-13-16-8-5-6-9-17(16)14(2)20-18(13)12-11-15-7-3-4-10-19(15)20/h3-14H,1-2H3;3-10,12-13H,11H2,1-2H3;3-12H,13H2,1-2H3;2*3-12H,1-2H3. The normalized spacial score (nSPS) is 12.0. The SMILES string of the molecule is Cc1c2ccccc2c(C)c2c1ccc1ccccc12.Cc1c2ccccc2c(C)c2c3c(ccc12)Cc1ccccc1-3.Cc1c2ccccc2c(C)c2c3ccccc3c3ccccc3c12.Cc1c2ccccc2c(C)c2cc3c(cc12)Cc1ccccc1-3.Cc1cc2c3ccccc3c(C)cc2c2ccccc12. The molecule has 0 saturated carbocycles. The van der Waals surface area contributed by atoms with Crippen molar-refractivity contribution in [3.63, 3.8) is 0 Å². The third-order valence-electron chi connectivity index (χ3n) is 25.1. The summed E-state index contributed by atoms with van der Waals surface area (Å²) in [5.74, 6) is 0. The van der Waals surface area contributed by atoms with Crippen molar-refractivity contribution in [1.82, 2.24) is 0 Å². The molecule has 0 spiro atoms. The third-order valence-corrected chi connectivity index (χ3v) is 25.1. The zero-order valence-electron chi connectivity index (χ0n) is 64.4. The summed E-state index contributed by atoms with van der Waals surface area (Å²) in [6, 6.07) is 115. The van der Waals surface area contributed by atoms with Gasteiger partial charge in [-0.15, -0.1) is 0 Å². The van der Waals surface area contributed by atoms with Gasteiger partial charge in [0.05, 0.1) is 0 Å². The number of hydrogen-bond donors (Lipinski definition) is 0. The molecule has 21 aromatic rings. The van der Waals surface area contributed by atoms with Crippen molar-refractivity contribution in [2.75, 3.05) is 0 Å². The van der Waals surface area contributed by atoms with Crippen LogP contribution < -0.4 is 0 Å². The van der Waals surface area contributed by atoms with E-state index in [1.807, 2.05) is 0 Å². The predicted molar refractivity (Wildman–Crippen MR) is 481 cm³/mol. The van der Waals surface area contributed by atoms with E-state index >= 15 is 0 Å². The second kappa shape index (κ2) is 27.2. The minimum atomic E-state index is 1.06. The van der Waals surface area contributed by atoms with Gasteiger partial charge in [0.25, 0.3) is 0 Å². The van der Waals surface area contributed by atoms with E-state index in [0.717, 1.165) is 12.8 Å². The van der Waals surface area contributed by atoms with E-state index in [2.05, 4.69) is 385 Å². The minimum Gasteiger partial charge on any atom is -0.0619 e. The smallest absolute Gasteiger partial charge is 0.00132 e. The van der Waals surface area contributed by atoms with Gasteiger partial charge in [0.1, 0.15) is 0 Å². The van der Waals surface area contributed by atoms with Gasteiger partial charge in [-0.25, -0.2) is 0 Å². The summed E-state index contributed by atoms with van der Waals surface area (Å²) in [6.45, 7) is 22.5. The second-order valence-electron chi connectivity index (χ2n) is 31.1. The predicted octanol–water partition coefficient (Wildman–Crippen LogP) is 30.8. The Morgan fingerprint density at radius 3 is 0.936 bits per heavy atom. The Balaban J connectivity index is 0.0000000933. The highest BCUT2D eigenvalue weighted by Gasteiger charge is 2.25. The second-order valence-corrected chi connectivity index (χ2v) is 31.1. The van der Waals surface area contributed by atoms with Gasteiger partial charge in [-0.05, 0) is 345 Å². The van der Waals surface area contributed by atoms with E-state index in [9.17, 15) is 0 Å². The van der Waals surface area contributed by atoms with Gasteiger partial charge in [0.15, 0.2) is 0 Å². The van der Waals surface area contributed by atoms with Gasteiger partial charge in [0, 0.05) is 0 Å². The van der Waals surface area contributed by atoms with Crippen LogP contribution in [0, 0.1) is 69.2 Å². The molecular formula is C110H86. The van der Waals surface area contributed by atoms with Gasteiger partial charge in [-0.2, -0.15) is 0 Å². The maximum atomic E-state index is 2.43. The van der Waals surface area contributed by atoms with Crippen LogP contribution in [0.3, 0.4) is 0 Å². The highest BCUT2D eigenvalue weighted by Crippen LogP contribution is 2.48. The van der Waals surface area contributed by atoms with Gasteiger partial charge in [-0.1, -0.05) is 303 Å². The largest absolute Gasteiger partial charge is 0.0619 e. The van der Waals surface area contributed by atoms with Crippen LogP contribution in [-0.2, 0) is 12.8 Å². The fraction of sp³-hybridized carbons (Fsp3) is 0.109. The molecule has 0 N–H and O–H groups in total. The van der Waals surface area contributed by atoms with Crippen LogP contribution in [0.25, 0.3) is 173 Å². The summed E-state index contributed by atoms with van der Waals surface area (Å²) < 4.78 is 0. The highest BCUT2D eigenvalue weighted by atomic mass is 14.3. The molecule has 0 heterocycles. The first-order chi connectivity index (χ1) is 53.8. The van der Waals surface area contributed by atoms with Crippen LogP contribution in [0.5, 0.6) is 0 Å². The topological polar surface area (TPSA) is 0 Å². The molecule has 0 atom stereocenters. The van der Waals surface area contributed by atoms with E-state index in [4.69, 9.17) is 0 Å². The van der Waals surface area contributed by atoms with Crippen molar-refractivity contribution >= 4 is 151 Å². The summed E-state index contributed by atoms with van der Waals surface area (Å²) in [6.07, 6.45) is 2.12. The van der Waals surface area contributed by atoms with Crippen LogP contribution in [0.1, 0.15) is 77.9 Å². The van der Waals surface area contributed by atoms with E-state index < -0.39 is 0 Å². The molecule has 0 heteroatoms. The highest BCUT2D eigenvalue weighted by molar-refractivity contribution is 6.30. The molecule has 23 rings (SSSR count). The van der Waals surface area contributed by atoms with Crippen molar-refractivity contribution in [3.05, 3.63) is 393 Å². The Labute approximate surface area is 644 Å². The van der Waals surface area contributed by atoms with Crippen molar-refractivity contribution in [2.24, 2.45) is 0 Å². The molecule has 0 nitrogen and oxygen atoms in total. The number of benzene rings is 21. The maximum Gasteiger partial charge on any atom is -0.00132 e. The lowest BCUT2D eigenvalue weighted by Crippen LogP contribution is -1.91. The molecule has 2 aliphatic carbocycles. The summed E-state index contributed by atoms with van der Waals surface area (Å²) in [7, 11) is 0. The minimum absolute atomic E-state index is 1.06. The Morgan fingerprint density at radius 1 is 0.155 bits per heavy atom. The van der Waals surface area contributed by atoms with Gasteiger partial charge < -0.3 is 0 Å². The first-order valence-electron chi connectivity index (χ1n) is 39.1. The first kappa shape index (κ1) is 67.8. The molecule has 0 saturated heterocycles. The van der Waals surface area contributed by atoms with E-state index in [0.29, 0.717) is 0 Å². The van der Waals surface area contributed by atoms with E-state index in [-0.39, 0.29) is 0 Å². The Bertz CT molecular complexity index is 7230. The number of aryl methyl sites for hydroxylation is 10. The average Bonchev–Trinajstić information content (AvgIpc) is 0.791. The molecule has 0 radical (unpaired) electrons. The molecule has 0 fully saturated rings. The molecule has 0 amide bonds. The van der Waals surface area contributed by atoms with Crippen molar-refractivity contribution < 1.29 is 0 Å². The lowest BCUT2D eigenvalue weighted by Gasteiger charge is -2.17. The molecule has 21 aromatic carbocycles. The van der Waals surface area contributed by atoms with Crippen molar-refractivity contribution in [3.8, 4) is 22.3 Å². The third kappa shape index (κ3) is 10.9. The monoisotopic (exact) mass is 1410 g/mol.